The number of rotatable bonds is 6. The van der Waals surface area contributed by atoms with E-state index in [1.54, 1.807) is 6.07 Å². The van der Waals surface area contributed by atoms with Gasteiger partial charge in [0.15, 0.2) is 5.69 Å². The molecule has 1 heterocycles. The van der Waals surface area contributed by atoms with Crippen LogP contribution in [-0.4, -0.2) is 27.4 Å². The Kier molecular flexibility index (Phi) is 7.05. The molecule has 1 aliphatic rings. The Labute approximate surface area is 200 Å². The molecule has 33 heavy (non-hydrogen) atoms. The third-order valence-corrected chi connectivity index (χ3v) is 6.74. The Bertz CT molecular complexity index is 1150. The van der Waals surface area contributed by atoms with Gasteiger partial charge >= 0.3 is 0 Å². The van der Waals surface area contributed by atoms with Crippen molar-refractivity contribution >= 4 is 40.6 Å². The van der Waals surface area contributed by atoms with Gasteiger partial charge in [0.25, 0.3) is 5.91 Å². The topological polar surface area (TPSA) is 75.2 Å². The predicted octanol–water partition coefficient (Wildman–Crippen LogP) is 5.39. The first kappa shape index (κ1) is 23.3. The summed E-state index contributed by atoms with van der Waals surface area (Å²) in [4.78, 5) is 28.8. The van der Waals surface area contributed by atoms with Gasteiger partial charge in [-0.2, -0.15) is 0 Å². The van der Waals surface area contributed by atoms with Crippen LogP contribution in [0, 0.1) is 19.7 Å². The number of anilines is 1. The number of aromatic nitrogens is 2. The second-order valence-corrected chi connectivity index (χ2v) is 9.30. The number of carbonyl (C=O) groups excluding carboxylic acids is 2. The number of aryl methyl sites for hydroxylation is 2. The zero-order chi connectivity index (χ0) is 23.5. The number of nitrogens with one attached hydrogen (secondary N) is 1. The molecule has 1 saturated carbocycles. The number of hydrogen-bond acceptors (Lipinski definition) is 5. The SMILES string of the molecule is Cc1ccc(C)c(N(C(=O)c2csnn2)[C@H](C(=O)NC2CCCC2)c2c(F)cccc2Cl)c1. The molecule has 0 aliphatic heterocycles. The van der Waals surface area contributed by atoms with Crippen molar-refractivity contribution in [2.45, 2.75) is 51.6 Å². The van der Waals surface area contributed by atoms with E-state index in [9.17, 15) is 9.59 Å². The summed E-state index contributed by atoms with van der Waals surface area (Å²) in [5.41, 5.74) is 2.15. The minimum absolute atomic E-state index is 0.0259. The van der Waals surface area contributed by atoms with E-state index in [0.29, 0.717) is 5.69 Å². The van der Waals surface area contributed by atoms with Crippen LogP contribution in [0.5, 0.6) is 0 Å². The molecule has 2 aromatic carbocycles. The highest BCUT2D eigenvalue weighted by Gasteiger charge is 2.39. The van der Waals surface area contributed by atoms with Gasteiger partial charge in [-0.15, -0.1) is 5.10 Å². The minimum atomic E-state index is -1.32. The average Bonchev–Trinajstić information content (AvgIpc) is 3.49. The van der Waals surface area contributed by atoms with Crippen LogP contribution < -0.4 is 10.2 Å². The maximum Gasteiger partial charge on any atom is 0.280 e. The van der Waals surface area contributed by atoms with E-state index in [1.165, 1.54) is 28.5 Å². The normalized spacial score (nSPS) is 14.8. The Hall–Kier alpha value is -2.84. The summed E-state index contributed by atoms with van der Waals surface area (Å²) < 4.78 is 19.0. The van der Waals surface area contributed by atoms with Gasteiger partial charge in [-0.25, -0.2) is 4.39 Å². The van der Waals surface area contributed by atoms with Crippen LogP contribution in [0.15, 0.2) is 41.8 Å². The summed E-state index contributed by atoms with van der Waals surface area (Å²) in [6, 6.07) is 8.46. The molecule has 3 aromatic rings. The molecule has 6 nitrogen and oxygen atoms in total. The molecular weight excluding hydrogens is 463 g/mol. The molecule has 1 fully saturated rings. The molecule has 0 radical (unpaired) electrons. The van der Waals surface area contributed by atoms with Crippen molar-refractivity contribution in [3.8, 4) is 0 Å². The smallest absolute Gasteiger partial charge is 0.280 e. The van der Waals surface area contributed by atoms with E-state index in [-0.39, 0.29) is 22.3 Å². The van der Waals surface area contributed by atoms with Crippen molar-refractivity contribution in [3.05, 3.63) is 75.0 Å². The molecule has 1 N–H and O–H groups in total. The molecule has 1 aliphatic carbocycles. The van der Waals surface area contributed by atoms with Crippen molar-refractivity contribution in [3.63, 3.8) is 0 Å². The van der Waals surface area contributed by atoms with Crippen LogP contribution in [0.3, 0.4) is 0 Å². The van der Waals surface area contributed by atoms with Crippen LogP contribution in [0.25, 0.3) is 0 Å². The van der Waals surface area contributed by atoms with E-state index in [0.717, 1.165) is 48.3 Å². The second kappa shape index (κ2) is 9.97. The van der Waals surface area contributed by atoms with E-state index in [4.69, 9.17) is 11.6 Å². The number of halogens is 2. The third-order valence-electron chi connectivity index (χ3n) is 5.90. The van der Waals surface area contributed by atoms with Gasteiger partial charge in [-0.1, -0.05) is 47.1 Å². The maximum absolute atomic E-state index is 15.2. The molecule has 2 amide bonds. The summed E-state index contributed by atoms with van der Waals surface area (Å²) in [6.07, 6.45) is 3.72. The lowest BCUT2D eigenvalue weighted by molar-refractivity contribution is -0.123. The predicted molar refractivity (Wildman–Crippen MR) is 127 cm³/mol. The van der Waals surface area contributed by atoms with Gasteiger partial charge < -0.3 is 5.32 Å². The fraction of sp³-hybridized carbons (Fsp3) is 0.333. The summed E-state index contributed by atoms with van der Waals surface area (Å²) >= 11 is 7.46. The van der Waals surface area contributed by atoms with Gasteiger partial charge in [0.05, 0.1) is 0 Å². The van der Waals surface area contributed by atoms with Gasteiger partial charge in [0.2, 0.25) is 5.91 Å². The Morgan fingerprint density at radius 2 is 1.97 bits per heavy atom. The second-order valence-electron chi connectivity index (χ2n) is 8.28. The fourth-order valence-corrected chi connectivity index (χ4v) is 4.92. The number of nitrogens with zero attached hydrogens (tertiary/aromatic N) is 3. The Morgan fingerprint density at radius 1 is 1.21 bits per heavy atom. The lowest BCUT2D eigenvalue weighted by atomic mass is 9.99. The lowest BCUT2D eigenvalue weighted by Gasteiger charge is -2.33. The van der Waals surface area contributed by atoms with E-state index >= 15 is 4.39 Å². The number of carbonyl (C=O) groups is 2. The fourth-order valence-electron chi connectivity index (χ4n) is 4.23. The molecule has 0 spiro atoms. The van der Waals surface area contributed by atoms with Crippen molar-refractivity contribution in [2.75, 3.05) is 4.90 Å². The zero-order valence-electron chi connectivity index (χ0n) is 18.3. The third kappa shape index (κ3) is 4.91. The Morgan fingerprint density at radius 3 is 2.64 bits per heavy atom. The molecule has 0 saturated heterocycles. The highest BCUT2D eigenvalue weighted by atomic mass is 35.5. The van der Waals surface area contributed by atoms with Crippen molar-refractivity contribution in [1.29, 1.82) is 0 Å². The minimum Gasteiger partial charge on any atom is -0.351 e. The molecule has 0 unspecified atom stereocenters. The number of hydrogen-bond donors (Lipinski definition) is 1. The first-order chi connectivity index (χ1) is 15.9. The number of benzene rings is 2. The molecule has 4 rings (SSSR count). The van der Waals surface area contributed by atoms with Gasteiger partial charge in [-0.3, -0.25) is 14.5 Å². The maximum atomic E-state index is 15.2. The molecule has 1 atom stereocenters. The van der Waals surface area contributed by atoms with Crippen LogP contribution in [0.1, 0.15) is 58.9 Å². The van der Waals surface area contributed by atoms with Crippen LogP contribution in [0.4, 0.5) is 10.1 Å². The summed E-state index contributed by atoms with van der Waals surface area (Å²) in [5.74, 6) is -1.69. The largest absolute Gasteiger partial charge is 0.351 e. The number of amides is 2. The average molecular weight is 487 g/mol. The highest BCUT2D eigenvalue weighted by Crippen LogP contribution is 2.37. The van der Waals surface area contributed by atoms with Crippen LogP contribution in [-0.2, 0) is 4.79 Å². The van der Waals surface area contributed by atoms with Gasteiger partial charge in [0.1, 0.15) is 11.9 Å². The van der Waals surface area contributed by atoms with Crippen molar-refractivity contribution < 1.29 is 14.0 Å². The Balaban J connectivity index is 1.91. The van der Waals surface area contributed by atoms with Crippen LogP contribution >= 0.6 is 23.1 Å². The molecule has 172 valence electrons. The van der Waals surface area contributed by atoms with Crippen molar-refractivity contribution in [1.82, 2.24) is 14.9 Å². The van der Waals surface area contributed by atoms with E-state index in [1.807, 2.05) is 26.0 Å². The van der Waals surface area contributed by atoms with Gasteiger partial charge in [0, 0.05) is 27.7 Å². The quantitative estimate of drug-likeness (QED) is 0.506. The standard InChI is InChI=1S/C24H24ClFN4O2S/c1-14-10-11-15(2)20(12-14)30(24(32)19-13-33-29-28-19)22(21-17(25)8-5-9-18(21)26)23(31)27-16-6-3-4-7-16/h5,8-13,16,22H,3-4,6-7H2,1-2H3,(H,27,31)/t22-/m0/s1. The van der Waals surface area contributed by atoms with Gasteiger partial charge in [-0.05, 0) is 67.5 Å². The first-order valence-corrected chi connectivity index (χ1v) is 12.0. The summed E-state index contributed by atoms with van der Waals surface area (Å²) in [7, 11) is 0. The van der Waals surface area contributed by atoms with E-state index < -0.39 is 23.7 Å². The molecule has 1 aromatic heterocycles. The monoisotopic (exact) mass is 486 g/mol. The first-order valence-electron chi connectivity index (χ1n) is 10.8. The zero-order valence-corrected chi connectivity index (χ0v) is 19.9. The lowest BCUT2D eigenvalue weighted by Crippen LogP contribution is -2.47. The molecule has 0 bridgehead atoms. The molecular formula is C24H24ClFN4O2S. The van der Waals surface area contributed by atoms with E-state index in [2.05, 4.69) is 14.9 Å². The summed E-state index contributed by atoms with van der Waals surface area (Å²) in [5, 5.41) is 8.52. The summed E-state index contributed by atoms with van der Waals surface area (Å²) in [6.45, 7) is 3.73. The van der Waals surface area contributed by atoms with Crippen molar-refractivity contribution in [2.24, 2.45) is 0 Å². The van der Waals surface area contributed by atoms with Crippen LogP contribution in [0.2, 0.25) is 5.02 Å². The molecule has 9 heteroatoms. The highest BCUT2D eigenvalue weighted by molar-refractivity contribution is 7.03.